The van der Waals surface area contributed by atoms with Gasteiger partial charge in [-0.15, -0.1) is 0 Å². The van der Waals surface area contributed by atoms with Crippen molar-refractivity contribution in [1.29, 1.82) is 0 Å². The molecule has 1 aromatic rings. The van der Waals surface area contributed by atoms with E-state index in [-0.39, 0.29) is 13.0 Å². The maximum absolute atomic E-state index is 13.3. The number of benzene rings is 1. The van der Waals surface area contributed by atoms with Gasteiger partial charge in [-0.2, -0.15) is 22.0 Å². The first-order valence-electron chi connectivity index (χ1n) is 7.89. The van der Waals surface area contributed by atoms with Crippen molar-refractivity contribution in [3.8, 4) is 0 Å². The Balaban J connectivity index is 2.79. The number of hydrogen-bond donors (Lipinski definition) is 0. The highest BCUT2D eigenvalue weighted by Gasteiger charge is 2.62. The molecule has 1 atom stereocenters. The largest absolute Gasteiger partial charge is 0.743 e. The lowest BCUT2D eigenvalue weighted by molar-refractivity contribution is -0.259. The molecule has 1 rings (SSSR count). The van der Waals surface area contributed by atoms with Crippen molar-refractivity contribution < 1.29 is 49.2 Å². The molecule has 0 saturated heterocycles. The van der Waals surface area contributed by atoms with Crippen LogP contribution in [-0.4, -0.2) is 60.9 Å². The number of hydrogen-bond acceptors (Lipinski definition) is 6. The van der Waals surface area contributed by atoms with Crippen LogP contribution in [0.4, 0.5) is 22.0 Å². The van der Waals surface area contributed by atoms with Crippen LogP contribution in [0.25, 0.3) is 0 Å². The SMILES string of the molecule is CN(CCCC(=O)OC(C(F)(F)F)C(F)(F)S(=O)(=O)[O-])C(=O)c1cc(I)cc(I)c1I. The van der Waals surface area contributed by atoms with Crippen LogP contribution >= 0.6 is 67.8 Å². The van der Waals surface area contributed by atoms with E-state index in [0.717, 1.165) is 7.14 Å². The molecule has 0 aliphatic carbocycles. The van der Waals surface area contributed by atoms with Gasteiger partial charge in [-0.25, -0.2) is 8.42 Å². The molecule has 0 aromatic heterocycles. The summed E-state index contributed by atoms with van der Waals surface area (Å²) in [4.78, 5) is 25.3. The minimum absolute atomic E-state index is 0.140. The Morgan fingerprint density at radius 2 is 1.71 bits per heavy atom. The summed E-state index contributed by atoms with van der Waals surface area (Å²) >= 11 is 6.02. The number of rotatable bonds is 8. The van der Waals surface area contributed by atoms with Crippen molar-refractivity contribution in [2.24, 2.45) is 0 Å². The van der Waals surface area contributed by atoms with Crippen molar-refractivity contribution in [2.45, 2.75) is 30.4 Å². The Labute approximate surface area is 214 Å². The number of carbonyl (C=O) groups excluding carboxylic acids is 2. The van der Waals surface area contributed by atoms with Crippen LogP contribution in [0.2, 0.25) is 0 Å². The van der Waals surface area contributed by atoms with E-state index in [4.69, 9.17) is 0 Å². The highest BCUT2D eigenvalue weighted by atomic mass is 127. The minimum atomic E-state index is -6.75. The van der Waals surface area contributed by atoms with Crippen LogP contribution in [0.1, 0.15) is 23.2 Å². The highest BCUT2D eigenvalue weighted by molar-refractivity contribution is 14.1. The van der Waals surface area contributed by atoms with E-state index in [1.807, 2.05) is 73.8 Å². The van der Waals surface area contributed by atoms with Crippen LogP contribution in [0.15, 0.2) is 12.1 Å². The van der Waals surface area contributed by atoms with Crippen LogP contribution < -0.4 is 0 Å². The lowest BCUT2D eigenvalue weighted by Crippen LogP contribution is -2.52. The molecule has 16 heteroatoms. The molecule has 1 aromatic carbocycles. The molecule has 0 heterocycles. The number of amides is 1. The summed E-state index contributed by atoms with van der Waals surface area (Å²) in [6.07, 6.45) is -11.5. The van der Waals surface area contributed by atoms with E-state index in [1.165, 1.54) is 11.9 Å². The van der Waals surface area contributed by atoms with E-state index in [9.17, 15) is 44.5 Å². The minimum Gasteiger partial charge on any atom is -0.743 e. The van der Waals surface area contributed by atoms with Crippen LogP contribution in [0, 0.1) is 10.7 Å². The molecule has 7 nitrogen and oxygen atoms in total. The second kappa shape index (κ2) is 10.9. The summed E-state index contributed by atoms with van der Waals surface area (Å²) in [5, 5.41) is -5.90. The van der Waals surface area contributed by atoms with E-state index in [2.05, 4.69) is 4.74 Å². The standard InChI is InChI=1S/C15H13F5I3NO6S/c1-24(12(26)8-5-7(21)6-9(22)11(8)23)4-2-3-10(25)30-13(14(16,17)18)15(19,20)31(27,28)29/h5-6,13H,2-4H2,1H3,(H,27,28,29)/p-1. The van der Waals surface area contributed by atoms with Crippen molar-refractivity contribution in [2.75, 3.05) is 13.6 Å². The van der Waals surface area contributed by atoms with Crippen LogP contribution in [-0.2, 0) is 19.6 Å². The Morgan fingerprint density at radius 1 is 1.16 bits per heavy atom. The zero-order valence-corrected chi connectivity index (χ0v) is 22.5. The Bertz CT molecular complexity index is 957. The average molecular weight is 810 g/mol. The van der Waals surface area contributed by atoms with Gasteiger partial charge in [0.1, 0.15) is 0 Å². The summed E-state index contributed by atoms with van der Waals surface area (Å²) in [6.45, 7) is -0.140. The molecule has 31 heavy (non-hydrogen) atoms. The summed E-state index contributed by atoms with van der Waals surface area (Å²) in [6, 6.07) is 3.46. The summed E-state index contributed by atoms with van der Waals surface area (Å²) < 4.78 is 102. The number of halogens is 8. The number of esters is 1. The fraction of sp³-hybridized carbons (Fsp3) is 0.467. The van der Waals surface area contributed by atoms with Gasteiger partial charge in [-0.05, 0) is 86.3 Å². The van der Waals surface area contributed by atoms with Gasteiger partial charge in [0.2, 0.25) is 0 Å². The van der Waals surface area contributed by atoms with Crippen LogP contribution in [0.3, 0.4) is 0 Å². The molecule has 176 valence electrons. The average Bonchev–Trinajstić information content (AvgIpc) is 2.59. The van der Waals surface area contributed by atoms with Crippen molar-refractivity contribution >= 4 is 89.8 Å². The third-order valence-electron chi connectivity index (χ3n) is 3.63. The molecule has 1 unspecified atom stereocenters. The van der Waals surface area contributed by atoms with Crippen molar-refractivity contribution in [1.82, 2.24) is 4.90 Å². The monoisotopic (exact) mass is 810 g/mol. The quantitative estimate of drug-likeness (QED) is 0.130. The van der Waals surface area contributed by atoms with Gasteiger partial charge in [-0.1, -0.05) is 0 Å². The maximum Gasteiger partial charge on any atom is 0.432 e. The normalized spacial score (nSPS) is 13.6. The van der Waals surface area contributed by atoms with Gasteiger partial charge in [0.05, 0.1) is 5.56 Å². The molecule has 0 N–H and O–H groups in total. The van der Waals surface area contributed by atoms with Crippen molar-refractivity contribution in [3.63, 3.8) is 0 Å². The first kappa shape index (κ1) is 28.9. The topological polar surface area (TPSA) is 104 Å². The lowest BCUT2D eigenvalue weighted by atomic mass is 10.2. The van der Waals surface area contributed by atoms with Gasteiger partial charge >= 0.3 is 17.4 Å². The first-order chi connectivity index (χ1) is 13.9. The third-order valence-corrected chi connectivity index (χ3v) is 8.18. The molecular weight excluding hydrogens is 798 g/mol. The molecule has 0 aliphatic heterocycles. The molecule has 0 saturated carbocycles. The Kier molecular flexibility index (Phi) is 10.2. The summed E-state index contributed by atoms with van der Waals surface area (Å²) in [5.74, 6) is -2.24. The molecule has 0 spiro atoms. The molecule has 0 fully saturated rings. The van der Waals surface area contributed by atoms with E-state index in [1.54, 1.807) is 6.07 Å². The van der Waals surface area contributed by atoms with Gasteiger partial charge in [0.25, 0.3) is 12.0 Å². The van der Waals surface area contributed by atoms with Gasteiger partial charge in [-0.3, -0.25) is 9.59 Å². The fourth-order valence-corrected chi connectivity index (χ4v) is 4.96. The Morgan fingerprint density at radius 3 is 2.19 bits per heavy atom. The molecule has 0 bridgehead atoms. The van der Waals surface area contributed by atoms with E-state index < -0.39 is 46.0 Å². The second-order valence-corrected chi connectivity index (χ2v) is 10.9. The molecule has 1 amide bonds. The number of ether oxygens (including phenoxy) is 1. The fourth-order valence-electron chi connectivity index (χ4n) is 2.13. The van der Waals surface area contributed by atoms with E-state index in [0.29, 0.717) is 9.13 Å². The number of carbonyl (C=O) groups is 2. The zero-order valence-electron chi connectivity index (χ0n) is 15.2. The lowest BCUT2D eigenvalue weighted by Gasteiger charge is -2.29. The number of nitrogens with zero attached hydrogens (tertiary/aromatic N) is 1. The summed E-state index contributed by atoms with van der Waals surface area (Å²) in [5.41, 5.74) is 0.361. The highest BCUT2D eigenvalue weighted by Crippen LogP contribution is 2.38. The van der Waals surface area contributed by atoms with Gasteiger partial charge < -0.3 is 14.2 Å². The Hall–Kier alpha value is -0.0900. The van der Waals surface area contributed by atoms with Crippen LogP contribution in [0.5, 0.6) is 0 Å². The smallest absolute Gasteiger partial charge is 0.432 e. The number of alkyl halides is 5. The van der Waals surface area contributed by atoms with Crippen molar-refractivity contribution in [3.05, 3.63) is 28.4 Å². The summed E-state index contributed by atoms with van der Waals surface area (Å²) in [7, 11) is -5.38. The van der Waals surface area contributed by atoms with Gasteiger partial charge in [0, 0.05) is 30.7 Å². The second-order valence-electron chi connectivity index (χ2n) is 6.01. The predicted octanol–water partition coefficient (Wildman–Crippen LogP) is 3.96. The van der Waals surface area contributed by atoms with E-state index >= 15 is 0 Å². The first-order valence-corrected chi connectivity index (χ1v) is 12.5. The molecular formula is C15H12F5I3NO6S-. The molecule has 0 aliphatic rings. The zero-order chi connectivity index (χ0) is 24.4. The maximum atomic E-state index is 13.3. The molecule has 0 radical (unpaired) electrons. The predicted molar refractivity (Wildman–Crippen MR) is 121 cm³/mol. The van der Waals surface area contributed by atoms with Gasteiger partial charge in [0.15, 0.2) is 10.1 Å². The third kappa shape index (κ3) is 7.73.